The summed E-state index contributed by atoms with van der Waals surface area (Å²) in [7, 11) is 0. The smallest absolute Gasteiger partial charge is 0.250 e. The molecule has 1 aliphatic rings. The van der Waals surface area contributed by atoms with Crippen molar-refractivity contribution in [1.82, 2.24) is 5.43 Å². The van der Waals surface area contributed by atoms with Gasteiger partial charge in [-0.1, -0.05) is 33.6 Å². The highest BCUT2D eigenvalue weighted by molar-refractivity contribution is 9.10. The molecule has 3 rings (SSSR count). The molecule has 126 valence electrons. The molecule has 2 aromatic carbocycles. The fourth-order valence-corrected chi connectivity index (χ4v) is 3.11. The van der Waals surface area contributed by atoms with Crippen molar-refractivity contribution in [1.29, 1.82) is 5.26 Å². The Morgan fingerprint density at radius 3 is 2.88 bits per heavy atom. The number of hydrogen-bond donors (Lipinski definition) is 2. The van der Waals surface area contributed by atoms with Crippen LogP contribution in [0, 0.1) is 11.3 Å². The Labute approximate surface area is 159 Å². The molecule has 1 heterocycles. The number of benzene rings is 2. The van der Waals surface area contributed by atoms with Crippen molar-refractivity contribution in [2.75, 3.05) is 10.3 Å². The van der Waals surface area contributed by atoms with Crippen LogP contribution in [0.15, 0.2) is 59.2 Å². The third-order valence-electron chi connectivity index (χ3n) is 3.81. The van der Waals surface area contributed by atoms with Crippen LogP contribution in [0.2, 0.25) is 5.02 Å². The van der Waals surface area contributed by atoms with E-state index in [9.17, 15) is 4.79 Å². The summed E-state index contributed by atoms with van der Waals surface area (Å²) in [4.78, 5) is 12.7. The first-order chi connectivity index (χ1) is 11.9. The number of hydrogen-bond acceptors (Lipinski definition) is 4. The quantitative estimate of drug-likeness (QED) is 0.785. The maximum atomic E-state index is 12.7. The standard InChI is InChI=1S/C18H14BrClN4O/c1-18(17(25)22-16-6-5-13(19)10-15(16)20)7-8-24(23-18)14-4-2-3-12(9-14)11-21/h2-10,23H,1H3,(H,22,25). The maximum Gasteiger partial charge on any atom is 0.250 e. The van der Waals surface area contributed by atoms with E-state index in [2.05, 4.69) is 32.7 Å². The minimum atomic E-state index is -0.945. The molecular formula is C18H14BrClN4O. The summed E-state index contributed by atoms with van der Waals surface area (Å²) >= 11 is 9.49. The summed E-state index contributed by atoms with van der Waals surface area (Å²) in [5.74, 6) is -0.244. The van der Waals surface area contributed by atoms with E-state index in [1.54, 1.807) is 60.6 Å². The van der Waals surface area contributed by atoms with Crippen LogP contribution in [0.1, 0.15) is 12.5 Å². The van der Waals surface area contributed by atoms with Crippen molar-refractivity contribution in [2.45, 2.75) is 12.5 Å². The first kappa shape index (κ1) is 17.5. The van der Waals surface area contributed by atoms with Crippen LogP contribution in [-0.2, 0) is 4.79 Å². The maximum absolute atomic E-state index is 12.7. The van der Waals surface area contributed by atoms with Gasteiger partial charge >= 0.3 is 0 Å². The zero-order valence-corrected chi connectivity index (χ0v) is 15.6. The van der Waals surface area contributed by atoms with Crippen LogP contribution in [0.5, 0.6) is 0 Å². The fourth-order valence-electron chi connectivity index (χ4n) is 2.39. The molecule has 2 N–H and O–H groups in total. The van der Waals surface area contributed by atoms with Crippen molar-refractivity contribution >= 4 is 44.8 Å². The van der Waals surface area contributed by atoms with Gasteiger partial charge in [-0.25, -0.2) is 5.43 Å². The molecule has 25 heavy (non-hydrogen) atoms. The lowest BCUT2D eigenvalue weighted by Gasteiger charge is -2.27. The van der Waals surface area contributed by atoms with Crippen molar-refractivity contribution in [3.05, 3.63) is 69.8 Å². The van der Waals surface area contributed by atoms with E-state index in [4.69, 9.17) is 16.9 Å². The summed E-state index contributed by atoms with van der Waals surface area (Å²) in [6, 6.07) is 14.5. The normalized spacial score (nSPS) is 18.9. The van der Waals surface area contributed by atoms with Gasteiger partial charge in [0.05, 0.1) is 28.0 Å². The molecule has 0 radical (unpaired) electrons. The molecule has 1 aliphatic heterocycles. The average molecular weight is 418 g/mol. The lowest BCUT2D eigenvalue weighted by molar-refractivity contribution is -0.120. The van der Waals surface area contributed by atoms with Crippen LogP contribution in [0.25, 0.3) is 0 Å². The Morgan fingerprint density at radius 2 is 2.16 bits per heavy atom. The van der Waals surface area contributed by atoms with Gasteiger partial charge in [-0.3, -0.25) is 9.80 Å². The second kappa shape index (κ2) is 6.89. The molecule has 7 heteroatoms. The molecule has 0 aromatic heterocycles. The van der Waals surface area contributed by atoms with E-state index in [1.807, 2.05) is 6.07 Å². The molecule has 1 unspecified atom stereocenters. The van der Waals surface area contributed by atoms with E-state index in [0.29, 0.717) is 16.3 Å². The summed E-state index contributed by atoms with van der Waals surface area (Å²) < 4.78 is 0.837. The Hall–Kier alpha value is -2.33. The molecule has 0 saturated carbocycles. The van der Waals surface area contributed by atoms with Crippen LogP contribution < -0.4 is 15.8 Å². The summed E-state index contributed by atoms with van der Waals surface area (Å²) in [5.41, 5.74) is 4.05. The topological polar surface area (TPSA) is 68.2 Å². The molecule has 2 aromatic rings. The van der Waals surface area contributed by atoms with Gasteiger partial charge in [-0.2, -0.15) is 5.26 Å². The lowest BCUT2D eigenvalue weighted by Crippen LogP contribution is -2.52. The predicted octanol–water partition coefficient (Wildman–Crippen LogP) is 4.21. The van der Waals surface area contributed by atoms with Crippen LogP contribution in [0.4, 0.5) is 11.4 Å². The minimum absolute atomic E-state index is 0.244. The summed E-state index contributed by atoms with van der Waals surface area (Å²) in [6.07, 6.45) is 3.52. The molecule has 1 atom stereocenters. The Kier molecular flexibility index (Phi) is 4.82. The molecule has 5 nitrogen and oxygen atoms in total. The molecule has 0 saturated heterocycles. The number of anilines is 2. The molecule has 1 amide bonds. The number of halogens is 2. The van der Waals surface area contributed by atoms with Crippen molar-refractivity contribution in [2.24, 2.45) is 0 Å². The Bertz CT molecular complexity index is 908. The first-order valence-electron chi connectivity index (χ1n) is 7.44. The number of nitrogens with zero attached hydrogens (tertiary/aromatic N) is 2. The molecule has 0 fully saturated rings. The fraction of sp³-hybridized carbons (Fsp3) is 0.111. The van der Waals surface area contributed by atoms with Gasteiger partial charge in [0.2, 0.25) is 5.91 Å². The van der Waals surface area contributed by atoms with E-state index in [1.165, 1.54) is 0 Å². The molecule has 0 aliphatic carbocycles. The van der Waals surface area contributed by atoms with Gasteiger partial charge in [0, 0.05) is 10.7 Å². The zero-order chi connectivity index (χ0) is 18.0. The first-order valence-corrected chi connectivity index (χ1v) is 8.61. The number of nitrogens with one attached hydrogen (secondary N) is 2. The van der Waals surface area contributed by atoms with Crippen molar-refractivity contribution in [3.63, 3.8) is 0 Å². The van der Waals surface area contributed by atoms with Crippen LogP contribution in [-0.4, -0.2) is 11.4 Å². The van der Waals surface area contributed by atoms with E-state index in [-0.39, 0.29) is 5.91 Å². The second-order valence-electron chi connectivity index (χ2n) is 5.74. The van der Waals surface area contributed by atoms with E-state index in [0.717, 1.165) is 10.2 Å². The van der Waals surface area contributed by atoms with Crippen LogP contribution >= 0.6 is 27.5 Å². The number of carbonyl (C=O) groups is 1. The SMILES string of the molecule is CC1(C(=O)Nc2ccc(Br)cc2Cl)C=CN(c2cccc(C#N)c2)N1. The highest BCUT2D eigenvalue weighted by Crippen LogP contribution is 2.28. The number of carbonyl (C=O) groups excluding carboxylic acids is 1. The van der Waals surface area contributed by atoms with Gasteiger partial charge in [0.25, 0.3) is 0 Å². The summed E-state index contributed by atoms with van der Waals surface area (Å²) in [5, 5.41) is 14.0. The summed E-state index contributed by atoms with van der Waals surface area (Å²) in [6.45, 7) is 1.76. The Morgan fingerprint density at radius 1 is 1.36 bits per heavy atom. The van der Waals surface area contributed by atoms with E-state index < -0.39 is 5.54 Å². The van der Waals surface area contributed by atoms with Gasteiger partial charge in [-0.05, 0) is 49.4 Å². The molecular weight excluding hydrogens is 404 g/mol. The molecule has 0 bridgehead atoms. The zero-order valence-electron chi connectivity index (χ0n) is 13.3. The monoisotopic (exact) mass is 416 g/mol. The molecule has 0 spiro atoms. The Balaban J connectivity index is 1.76. The van der Waals surface area contributed by atoms with Gasteiger partial charge in [-0.15, -0.1) is 0 Å². The number of nitriles is 1. The van der Waals surface area contributed by atoms with Crippen LogP contribution in [0.3, 0.4) is 0 Å². The highest BCUT2D eigenvalue weighted by atomic mass is 79.9. The third-order valence-corrected chi connectivity index (χ3v) is 4.62. The highest BCUT2D eigenvalue weighted by Gasteiger charge is 2.36. The number of rotatable bonds is 3. The van der Waals surface area contributed by atoms with Gasteiger partial charge in [0.15, 0.2) is 0 Å². The second-order valence-corrected chi connectivity index (χ2v) is 7.06. The average Bonchev–Trinajstić information content (AvgIpc) is 3.01. The van der Waals surface area contributed by atoms with Crippen molar-refractivity contribution in [3.8, 4) is 6.07 Å². The largest absolute Gasteiger partial charge is 0.323 e. The third kappa shape index (κ3) is 3.69. The van der Waals surface area contributed by atoms with Gasteiger partial charge < -0.3 is 5.32 Å². The number of amides is 1. The minimum Gasteiger partial charge on any atom is -0.323 e. The lowest BCUT2D eigenvalue weighted by atomic mass is 10.0. The predicted molar refractivity (Wildman–Crippen MR) is 102 cm³/mol. The van der Waals surface area contributed by atoms with E-state index >= 15 is 0 Å². The number of hydrazine groups is 1. The van der Waals surface area contributed by atoms with Crippen molar-refractivity contribution < 1.29 is 4.79 Å². The van der Waals surface area contributed by atoms with Gasteiger partial charge in [0.1, 0.15) is 5.54 Å².